The van der Waals surface area contributed by atoms with E-state index in [9.17, 15) is 18.0 Å². The Hall–Kier alpha value is -2.87. The lowest BCUT2D eigenvalue weighted by Gasteiger charge is -2.32. The number of nitrogens with zero attached hydrogens (tertiary/aromatic N) is 2. The zero-order chi connectivity index (χ0) is 21.8. The Morgan fingerprint density at radius 2 is 1.94 bits per heavy atom. The molecule has 4 rings (SSSR count). The van der Waals surface area contributed by atoms with Crippen LogP contribution in [-0.4, -0.2) is 33.9 Å². The molecular weight excluding hydrogens is 405 g/mol. The van der Waals surface area contributed by atoms with Gasteiger partial charge in [0.05, 0.1) is 23.1 Å². The number of fused-ring (bicyclic) bond motifs is 1. The number of hydrogen-bond donors (Lipinski definition) is 2. The lowest BCUT2D eigenvalue weighted by Crippen LogP contribution is -2.35. The second-order valence-corrected chi connectivity index (χ2v) is 8.11. The summed E-state index contributed by atoms with van der Waals surface area (Å²) in [6.45, 7) is 2.67. The summed E-state index contributed by atoms with van der Waals surface area (Å²) < 4.78 is 37.9. The molecule has 2 aromatic carbocycles. The number of piperidine rings is 1. The zero-order valence-corrected chi connectivity index (χ0v) is 17.1. The fraction of sp³-hybridized carbons (Fsp3) is 0.391. The van der Waals surface area contributed by atoms with Crippen LogP contribution in [0.15, 0.2) is 48.5 Å². The summed E-state index contributed by atoms with van der Waals surface area (Å²) in [4.78, 5) is 22.6. The normalized spacial score (nSPS) is 17.7. The van der Waals surface area contributed by atoms with Crippen LogP contribution in [-0.2, 0) is 17.5 Å². The first-order chi connectivity index (χ1) is 14.9. The van der Waals surface area contributed by atoms with Crippen LogP contribution in [0.2, 0.25) is 0 Å². The van der Waals surface area contributed by atoms with E-state index < -0.39 is 11.7 Å². The molecule has 164 valence electrons. The molecule has 31 heavy (non-hydrogen) atoms. The molecule has 1 aliphatic rings. The molecule has 2 N–H and O–H groups in total. The zero-order valence-electron chi connectivity index (χ0n) is 17.1. The lowest BCUT2D eigenvalue weighted by atomic mass is 9.93. The van der Waals surface area contributed by atoms with Gasteiger partial charge in [-0.05, 0) is 68.1 Å². The second-order valence-electron chi connectivity index (χ2n) is 8.11. The quantitative estimate of drug-likeness (QED) is 0.564. The van der Waals surface area contributed by atoms with Crippen LogP contribution in [0.1, 0.15) is 37.1 Å². The molecule has 0 radical (unpaired) electrons. The number of rotatable bonds is 6. The highest BCUT2D eigenvalue weighted by Gasteiger charge is 2.30. The van der Waals surface area contributed by atoms with Gasteiger partial charge in [-0.2, -0.15) is 13.2 Å². The van der Waals surface area contributed by atoms with E-state index in [1.54, 1.807) is 0 Å². The van der Waals surface area contributed by atoms with Crippen molar-refractivity contribution in [3.8, 4) is 0 Å². The van der Waals surface area contributed by atoms with Gasteiger partial charge in [-0.15, -0.1) is 0 Å². The number of benzene rings is 2. The molecule has 2 heterocycles. The first-order valence-electron chi connectivity index (χ1n) is 10.5. The van der Waals surface area contributed by atoms with Gasteiger partial charge >= 0.3 is 6.18 Å². The van der Waals surface area contributed by atoms with Crippen LogP contribution in [0, 0.1) is 5.92 Å². The maximum Gasteiger partial charge on any atom is 0.416 e. The van der Waals surface area contributed by atoms with Crippen LogP contribution in [0.4, 0.5) is 18.9 Å². The Kier molecular flexibility index (Phi) is 6.27. The van der Waals surface area contributed by atoms with E-state index in [1.807, 2.05) is 24.3 Å². The molecule has 1 fully saturated rings. The average molecular weight is 430 g/mol. The van der Waals surface area contributed by atoms with Gasteiger partial charge in [0, 0.05) is 18.7 Å². The number of hydrogen-bond acceptors (Lipinski definition) is 3. The highest BCUT2D eigenvalue weighted by Crippen LogP contribution is 2.30. The predicted octanol–water partition coefficient (Wildman–Crippen LogP) is 5.21. The molecule has 1 aromatic heterocycles. The van der Waals surface area contributed by atoms with E-state index in [0.29, 0.717) is 18.0 Å². The standard InChI is InChI=1S/C23H25F3N4O/c24-23(25,26)17-8-10-18(11-9-17)27-22(31)12-7-16-4-3-13-30(14-16)15-21-28-19-5-1-2-6-20(19)29-21/h1-2,5-6,8-11,16H,3-4,7,12-15H2,(H,27,31)(H,28,29)/t16-/m0/s1. The number of para-hydroxylation sites is 2. The van der Waals surface area contributed by atoms with Crippen molar-refractivity contribution in [2.75, 3.05) is 18.4 Å². The van der Waals surface area contributed by atoms with E-state index in [1.165, 1.54) is 12.1 Å². The average Bonchev–Trinajstić information content (AvgIpc) is 3.14. The molecule has 0 spiro atoms. The van der Waals surface area contributed by atoms with Gasteiger partial charge in [0.25, 0.3) is 0 Å². The van der Waals surface area contributed by atoms with Gasteiger partial charge in [-0.3, -0.25) is 9.69 Å². The van der Waals surface area contributed by atoms with Gasteiger partial charge in [0.15, 0.2) is 0 Å². The summed E-state index contributed by atoms with van der Waals surface area (Å²) in [5.74, 6) is 1.19. The molecule has 1 amide bonds. The number of anilines is 1. The van der Waals surface area contributed by atoms with E-state index in [0.717, 1.165) is 67.9 Å². The van der Waals surface area contributed by atoms with Crippen molar-refractivity contribution in [1.82, 2.24) is 14.9 Å². The van der Waals surface area contributed by atoms with Gasteiger partial charge in [-0.1, -0.05) is 12.1 Å². The molecule has 1 aliphatic heterocycles. The summed E-state index contributed by atoms with van der Waals surface area (Å²) in [6, 6.07) is 12.5. The Balaban J connectivity index is 1.25. The van der Waals surface area contributed by atoms with Crippen molar-refractivity contribution >= 4 is 22.6 Å². The SMILES string of the molecule is O=C(CC[C@@H]1CCCN(Cc2nc3ccccc3[nH]2)C1)Nc1ccc(C(F)(F)F)cc1. The van der Waals surface area contributed by atoms with Gasteiger partial charge < -0.3 is 10.3 Å². The van der Waals surface area contributed by atoms with Crippen LogP contribution in [0.5, 0.6) is 0 Å². The van der Waals surface area contributed by atoms with Crippen LogP contribution < -0.4 is 5.32 Å². The van der Waals surface area contributed by atoms with Crippen LogP contribution in [0.25, 0.3) is 11.0 Å². The highest BCUT2D eigenvalue weighted by molar-refractivity contribution is 5.90. The van der Waals surface area contributed by atoms with Crippen molar-refractivity contribution in [1.29, 1.82) is 0 Å². The van der Waals surface area contributed by atoms with Crippen LogP contribution in [0.3, 0.4) is 0 Å². The van der Waals surface area contributed by atoms with E-state index in [4.69, 9.17) is 0 Å². The molecular formula is C23H25F3N4O. The summed E-state index contributed by atoms with van der Waals surface area (Å²) in [5.41, 5.74) is 1.65. The van der Waals surface area contributed by atoms with Crippen molar-refractivity contribution in [2.24, 2.45) is 5.92 Å². The highest BCUT2D eigenvalue weighted by atomic mass is 19.4. The first kappa shape index (κ1) is 21.4. The van der Waals surface area contributed by atoms with Gasteiger partial charge in [-0.25, -0.2) is 4.98 Å². The van der Waals surface area contributed by atoms with E-state index in [-0.39, 0.29) is 5.91 Å². The Bertz CT molecular complexity index is 996. The largest absolute Gasteiger partial charge is 0.416 e. The minimum absolute atomic E-state index is 0.172. The minimum Gasteiger partial charge on any atom is -0.341 e. The summed E-state index contributed by atoms with van der Waals surface area (Å²) >= 11 is 0. The van der Waals surface area contributed by atoms with Gasteiger partial charge in [0.1, 0.15) is 5.82 Å². The molecule has 0 saturated carbocycles. The molecule has 3 aromatic rings. The number of halogens is 3. The lowest BCUT2D eigenvalue weighted by molar-refractivity contribution is -0.137. The number of amides is 1. The third kappa shape index (κ3) is 5.64. The number of nitrogens with one attached hydrogen (secondary N) is 2. The van der Waals surface area contributed by atoms with E-state index >= 15 is 0 Å². The Morgan fingerprint density at radius 1 is 1.16 bits per heavy atom. The van der Waals surface area contributed by atoms with Crippen molar-refractivity contribution in [3.63, 3.8) is 0 Å². The molecule has 0 unspecified atom stereocenters. The number of H-pyrrole nitrogens is 1. The number of aromatic nitrogens is 2. The maximum absolute atomic E-state index is 12.6. The third-order valence-electron chi connectivity index (χ3n) is 5.69. The number of likely N-dealkylation sites (tertiary alicyclic amines) is 1. The number of carbonyl (C=O) groups is 1. The van der Waals surface area contributed by atoms with Crippen LogP contribution >= 0.6 is 0 Å². The molecule has 5 nitrogen and oxygen atoms in total. The number of aromatic amines is 1. The molecule has 1 atom stereocenters. The summed E-state index contributed by atoms with van der Waals surface area (Å²) in [7, 11) is 0. The van der Waals surface area contributed by atoms with Gasteiger partial charge in [0.2, 0.25) is 5.91 Å². The fourth-order valence-corrected chi connectivity index (χ4v) is 4.12. The fourth-order valence-electron chi connectivity index (χ4n) is 4.12. The van der Waals surface area contributed by atoms with Crippen molar-refractivity contribution in [2.45, 2.75) is 38.4 Å². The number of alkyl halides is 3. The first-order valence-corrected chi connectivity index (χ1v) is 10.5. The predicted molar refractivity (Wildman–Crippen MR) is 113 cm³/mol. The van der Waals surface area contributed by atoms with E-state index in [2.05, 4.69) is 20.2 Å². The minimum atomic E-state index is -4.38. The number of carbonyl (C=O) groups excluding carboxylic acids is 1. The van der Waals surface area contributed by atoms with Crippen molar-refractivity contribution in [3.05, 3.63) is 59.9 Å². The number of imidazole rings is 1. The Labute approximate surface area is 178 Å². The monoisotopic (exact) mass is 430 g/mol. The molecule has 0 aliphatic carbocycles. The molecule has 0 bridgehead atoms. The smallest absolute Gasteiger partial charge is 0.341 e. The summed E-state index contributed by atoms with van der Waals surface area (Å²) in [6.07, 6.45) is -1.12. The Morgan fingerprint density at radius 3 is 2.68 bits per heavy atom. The third-order valence-corrected chi connectivity index (χ3v) is 5.69. The second kappa shape index (κ2) is 9.09. The maximum atomic E-state index is 12.6. The topological polar surface area (TPSA) is 61.0 Å². The molecule has 8 heteroatoms. The van der Waals surface area contributed by atoms with Crippen molar-refractivity contribution < 1.29 is 18.0 Å². The molecule has 1 saturated heterocycles. The summed E-state index contributed by atoms with van der Waals surface area (Å²) in [5, 5.41) is 2.69.